The summed E-state index contributed by atoms with van der Waals surface area (Å²) >= 11 is 0. The number of carbonyl (C=O) groups is 3. The van der Waals surface area contributed by atoms with Crippen LogP contribution in [-0.4, -0.2) is 65.1 Å². The van der Waals surface area contributed by atoms with Gasteiger partial charge >= 0.3 is 6.09 Å². The first-order valence-electron chi connectivity index (χ1n) is 8.64. The maximum absolute atomic E-state index is 12.9. The van der Waals surface area contributed by atoms with Crippen molar-refractivity contribution in [2.24, 2.45) is 0 Å². The highest BCUT2D eigenvalue weighted by molar-refractivity contribution is 6.00. The zero-order valence-electron chi connectivity index (χ0n) is 15.0. The van der Waals surface area contributed by atoms with Gasteiger partial charge in [-0.25, -0.2) is 9.69 Å². The number of carbonyl (C=O) groups excluding carboxylic acids is 3. The van der Waals surface area contributed by atoms with Gasteiger partial charge in [-0.15, -0.1) is 0 Å². The van der Waals surface area contributed by atoms with Crippen LogP contribution in [-0.2, 0) is 9.53 Å². The van der Waals surface area contributed by atoms with Gasteiger partial charge in [0.05, 0.1) is 18.7 Å². The summed E-state index contributed by atoms with van der Waals surface area (Å²) in [6.45, 7) is 0.139. The molecule has 28 heavy (non-hydrogen) atoms. The first kappa shape index (κ1) is 17.8. The molecule has 0 bridgehead atoms. The minimum absolute atomic E-state index is 0.169. The van der Waals surface area contributed by atoms with E-state index in [2.05, 4.69) is 0 Å². The Morgan fingerprint density at radius 2 is 1.86 bits per heavy atom. The monoisotopic (exact) mass is 383 g/mol. The van der Waals surface area contributed by atoms with Crippen LogP contribution in [0.3, 0.4) is 0 Å². The SMILES string of the molecule is COc1cc(=O)n(-c2ccccc2)cc1C(=O)N1CC(N2C(=O)COC2=O)C1. The summed E-state index contributed by atoms with van der Waals surface area (Å²) in [5.74, 6) is -0.586. The van der Waals surface area contributed by atoms with Gasteiger partial charge in [0.25, 0.3) is 17.4 Å². The molecule has 3 amide bonds. The predicted molar refractivity (Wildman–Crippen MR) is 96.5 cm³/mol. The molecule has 2 aliphatic heterocycles. The number of amides is 3. The number of nitrogens with zero attached hydrogens (tertiary/aromatic N) is 3. The third-order valence-electron chi connectivity index (χ3n) is 4.80. The van der Waals surface area contributed by atoms with Gasteiger partial charge in [0, 0.05) is 31.0 Å². The summed E-state index contributed by atoms with van der Waals surface area (Å²) in [6.07, 6.45) is 0.763. The minimum atomic E-state index is -0.683. The molecule has 9 nitrogen and oxygen atoms in total. The fraction of sp³-hybridized carbons (Fsp3) is 0.263. The number of likely N-dealkylation sites (tertiary alicyclic amines) is 1. The Hall–Kier alpha value is -3.62. The Morgan fingerprint density at radius 3 is 2.46 bits per heavy atom. The van der Waals surface area contributed by atoms with E-state index in [4.69, 9.17) is 9.47 Å². The van der Waals surface area contributed by atoms with Crippen LogP contribution >= 0.6 is 0 Å². The molecule has 0 spiro atoms. The number of ether oxygens (including phenoxy) is 2. The lowest BCUT2D eigenvalue weighted by Crippen LogP contribution is -2.62. The first-order valence-corrected chi connectivity index (χ1v) is 8.64. The molecule has 9 heteroatoms. The van der Waals surface area contributed by atoms with E-state index in [0.717, 1.165) is 4.90 Å². The Labute approximate surface area is 159 Å². The topological polar surface area (TPSA) is 98.2 Å². The molecule has 0 unspecified atom stereocenters. The number of para-hydroxylation sites is 1. The minimum Gasteiger partial charge on any atom is -0.496 e. The van der Waals surface area contributed by atoms with E-state index in [9.17, 15) is 19.2 Å². The molecule has 4 rings (SSSR count). The zero-order chi connectivity index (χ0) is 19.8. The second-order valence-electron chi connectivity index (χ2n) is 6.48. The van der Waals surface area contributed by atoms with Crippen LogP contribution in [0.1, 0.15) is 10.4 Å². The van der Waals surface area contributed by atoms with Crippen LogP contribution in [0, 0.1) is 0 Å². The second-order valence-corrected chi connectivity index (χ2v) is 6.48. The van der Waals surface area contributed by atoms with E-state index in [-0.39, 0.29) is 42.5 Å². The van der Waals surface area contributed by atoms with E-state index in [0.29, 0.717) is 5.69 Å². The standard InChI is InChI=1S/C19H17N3O6/c1-27-15-7-16(23)21(12-5-3-2-4-6-12)10-14(15)18(25)20-8-13(9-20)22-17(24)11-28-19(22)26/h2-7,10,13H,8-9,11H2,1H3. The number of methoxy groups -OCH3 is 1. The quantitative estimate of drug-likeness (QED) is 0.769. The van der Waals surface area contributed by atoms with Crippen LogP contribution < -0.4 is 10.3 Å². The van der Waals surface area contributed by atoms with E-state index in [1.165, 1.54) is 28.8 Å². The highest BCUT2D eigenvalue weighted by Gasteiger charge is 2.44. The lowest BCUT2D eigenvalue weighted by atomic mass is 10.1. The van der Waals surface area contributed by atoms with E-state index >= 15 is 0 Å². The molecule has 2 saturated heterocycles. The largest absolute Gasteiger partial charge is 0.496 e. The molecule has 0 radical (unpaired) electrons. The molecule has 2 fully saturated rings. The van der Waals surface area contributed by atoms with Crippen LogP contribution in [0.5, 0.6) is 5.75 Å². The van der Waals surface area contributed by atoms with E-state index in [1.807, 2.05) is 6.07 Å². The Kier molecular flexibility index (Phi) is 4.34. The second kappa shape index (κ2) is 6.84. The van der Waals surface area contributed by atoms with Gasteiger partial charge in [-0.3, -0.25) is 19.0 Å². The van der Waals surface area contributed by atoms with Crippen molar-refractivity contribution in [3.63, 3.8) is 0 Å². The van der Waals surface area contributed by atoms with Crippen molar-refractivity contribution in [1.29, 1.82) is 0 Å². The molecule has 1 aromatic carbocycles. The summed E-state index contributed by atoms with van der Waals surface area (Å²) in [5, 5.41) is 0. The number of hydrogen-bond acceptors (Lipinski definition) is 6. The Morgan fingerprint density at radius 1 is 1.14 bits per heavy atom. The lowest BCUT2D eigenvalue weighted by molar-refractivity contribution is -0.129. The van der Waals surface area contributed by atoms with Crippen molar-refractivity contribution < 1.29 is 23.9 Å². The van der Waals surface area contributed by atoms with Crippen molar-refractivity contribution in [2.45, 2.75) is 6.04 Å². The summed E-state index contributed by atoms with van der Waals surface area (Å²) < 4.78 is 11.3. The molecule has 0 aliphatic carbocycles. The van der Waals surface area contributed by atoms with Gasteiger partial charge in [-0.2, -0.15) is 0 Å². The number of imide groups is 1. The molecule has 2 aromatic rings. The van der Waals surface area contributed by atoms with Gasteiger partial charge < -0.3 is 14.4 Å². The summed E-state index contributed by atoms with van der Waals surface area (Å²) in [5.41, 5.74) is 0.516. The predicted octanol–water partition coefficient (Wildman–Crippen LogP) is 0.649. The summed E-state index contributed by atoms with van der Waals surface area (Å²) in [6, 6.07) is 9.78. The molecule has 0 atom stereocenters. The lowest BCUT2D eigenvalue weighted by Gasteiger charge is -2.42. The number of cyclic esters (lactones) is 1. The highest BCUT2D eigenvalue weighted by atomic mass is 16.6. The van der Waals surface area contributed by atoms with Crippen LogP contribution in [0.2, 0.25) is 0 Å². The van der Waals surface area contributed by atoms with Gasteiger partial charge in [-0.05, 0) is 12.1 Å². The third-order valence-corrected chi connectivity index (χ3v) is 4.80. The van der Waals surface area contributed by atoms with E-state index < -0.39 is 18.0 Å². The van der Waals surface area contributed by atoms with Gasteiger partial charge in [0.1, 0.15) is 5.75 Å². The fourth-order valence-electron chi connectivity index (χ4n) is 3.31. The molecule has 144 valence electrons. The Bertz CT molecular complexity index is 994. The molecule has 0 N–H and O–H groups in total. The normalized spacial score (nSPS) is 16.8. The van der Waals surface area contributed by atoms with Crippen LogP contribution in [0.4, 0.5) is 4.79 Å². The van der Waals surface area contributed by atoms with Crippen LogP contribution in [0.25, 0.3) is 5.69 Å². The smallest absolute Gasteiger partial charge is 0.417 e. The van der Waals surface area contributed by atoms with Crippen molar-refractivity contribution in [3.05, 3.63) is 58.5 Å². The Balaban J connectivity index is 1.59. The third kappa shape index (κ3) is 2.90. The average molecular weight is 383 g/mol. The fourth-order valence-corrected chi connectivity index (χ4v) is 3.31. The van der Waals surface area contributed by atoms with Crippen molar-refractivity contribution >= 4 is 17.9 Å². The summed E-state index contributed by atoms with van der Waals surface area (Å²) in [4.78, 5) is 51.2. The molecule has 1 aromatic heterocycles. The zero-order valence-corrected chi connectivity index (χ0v) is 15.0. The van der Waals surface area contributed by atoms with E-state index in [1.54, 1.807) is 24.3 Å². The molecule has 2 aliphatic rings. The van der Waals surface area contributed by atoms with Crippen molar-refractivity contribution in [2.75, 3.05) is 26.8 Å². The van der Waals surface area contributed by atoms with Crippen molar-refractivity contribution in [3.8, 4) is 11.4 Å². The number of aromatic nitrogens is 1. The maximum Gasteiger partial charge on any atom is 0.417 e. The summed E-state index contributed by atoms with van der Waals surface area (Å²) in [7, 11) is 1.39. The van der Waals surface area contributed by atoms with Crippen molar-refractivity contribution in [1.82, 2.24) is 14.4 Å². The molecule has 0 saturated carbocycles. The highest BCUT2D eigenvalue weighted by Crippen LogP contribution is 2.25. The average Bonchev–Trinajstić information content (AvgIpc) is 2.99. The number of rotatable bonds is 4. The van der Waals surface area contributed by atoms with Gasteiger partial charge in [0.15, 0.2) is 6.61 Å². The van der Waals surface area contributed by atoms with Gasteiger partial charge in [-0.1, -0.05) is 18.2 Å². The maximum atomic E-state index is 12.9. The van der Waals surface area contributed by atoms with Gasteiger partial charge in [0.2, 0.25) is 0 Å². The number of benzene rings is 1. The molecular formula is C19H17N3O6. The molecular weight excluding hydrogens is 366 g/mol. The first-order chi connectivity index (χ1) is 13.5. The number of hydrogen-bond donors (Lipinski definition) is 0. The number of pyridine rings is 1. The molecule has 3 heterocycles. The van der Waals surface area contributed by atoms with Crippen LogP contribution in [0.15, 0.2) is 47.4 Å².